The van der Waals surface area contributed by atoms with Crippen LogP contribution in [-0.4, -0.2) is 14.9 Å². The van der Waals surface area contributed by atoms with Crippen LogP contribution in [0.5, 0.6) is 0 Å². The van der Waals surface area contributed by atoms with E-state index in [1.807, 2.05) is 63.4 Å². The lowest BCUT2D eigenvalue weighted by Gasteiger charge is -2.08. The van der Waals surface area contributed by atoms with E-state index in [1.54, 1.807) is 9.13 Å². The highest BCUT2D eigenvalue weighted by atomic mass is 79.9. The summed E-state index contributed by atoms with van der Waals surface area (Å²) in [5.41, 5.74) is 4.99. The molecule has 0 bridgehead atoms. The number of fused-ring (bicyclic) bond motifs is 1. The molecule has 0 unspecified atom stereocenters. The van der Waals surface area contributed by atoms with E-state index in [1.165, 1.54) is 0 Å². The molecule has 0 amide bonds. The number of hydrogen-bond donors (Lipinski definition) is 1. The van der Waals surface area contributed by atoms with Crippen molar-refractivity contribution >= 4 is 33.8 Å². The molecule has 0 saturated heterocycles. The summed E-state index contributed by atoms with van der Waals surface area (Å²) < 4.78 is 3.56. The smallest absolute Gasteiger partial charge is 0.203 e. The second-order valence-electron chi connectivity index (χ2n) is 5.70. The van der Waals surface area contributed by atoms with E-state index in [4.69, 9.17) is 5.41 Å². The average molecular weight is 374 g/mol. The van der Waals surface area contributed by atoms with Gasteiger partial charge in [-0.05, 0) is 37.6 Å². The lowest BCUT2D eigenvalue weighted by atomic mass is 10.0. The third kappa shape index (κ3) is 3.01. The summed E-state index contributed by atoms with van der Waals surface area (Å²) >= 11 is 0. The largest absolute Gasteiger partial charge is 0.313 e. The van der Waals surface area contributed by atoms with Crippen LogP contribution in [0.1, 0.15) is 21.5 Å². The number of nitrogens with zero attached hydrogens (tertiary/aromatic N) is 2. The Morgan fingerprint density at radius 2 is 1.74 bits per heavy atom. The van der Waals surface area contributed by atoms with E-state index in [-0.39, 0.29) is 29.3 Å². The number of carbonyl (C=O) groups excluding carboxylic acids is 1. The molecule has 0 aliphatic heterocycles. The quantitative estimate of drug-likeness (QED) is 0.701. The van der Waals surface area contributed by atoms with Crippen molar-refractivity contribution in [2.45, 2.75) is 20.4 Å². The first-order chi connectivity index (χ1) is 10.5. The maximum atomic E-state index is 12.7. The molecule has 3 rings (SSSR count). The van der Waals surface area contributed by atoms with Gasteiger partial charge in [0.05, 0.1) is 17.6 Å². The number of rotatable bonds is 3. The van der Waals surface area contributed by atoms with Gasteiger partial charge in [-0.25, -0.2) is 0 Å². The Bertz CT molecular complexity index is 937. The summed E-state index contributed by atoms with van der Waals surface area (Å²) in [6.07, 6.45) is 0. The first-order valence-corrected chi connectivity index (χ1v) is 7.28. The molecule has 0 atom stereocenters. The zero-order chi connectivity index (χ0) is 15.9. The lowest BCUT2D eigenvalue weighted by molar-refractivity contribution is 0.0971. The highest BCUT2D eigenvalue weighted by Crippen LogP contribution is 2.15. The molecular weight excluding hydrogens is 354 g/mol. The number of para-hydroxylation sites is 2. The van der Waals surface area contributed by atoms with Gasteiger partial charge in [0.25, 0.3) is 0 Å². The summed E-state index contributed by atoms with van der Waals surface area (Å²) in [4.78, 5) is 12.7. The predicted molar refractivity (Wildman–Crippen MR) is 97.3 cm³/mol. The van der Waals surface area contributed by atoms with Crippen LogP contribution < -0.4 is 5.62 Å². The first kappa shape index (κ1) is 17.2. The Kier molecular flexibility index (Phi) is 4.90. The molecule has 1 heterocycles. The third-order valence-electron chi connectivity index (χ3n) is 4.10. The number of halogens is 1. The molecule has 2 aromatic carbocycles. The molecule has 0 aliphatic carbocycles. The minimum Gasteiger partial charge on any atom is -0.313 e. The summed E-state index contributed by atoms with van der Waals surface area (Å²) in [6, 6.07) is 13.7. The van der Waals surface area contributed by atoms with Crippen LogP contribution >= 0.6 is 17.0 Å². The van der Waals surface area contributed by atoms with Crippen molar-refractivity contribution in [2.75, 3.05) is 0 Å². The highest BCUT2D eigenvalue weighted by Gasteiger charge is 2.14. The lowest BCUT2D eigenvalue weighted by Crippen LogP contribution is -2.26. The Labute approximate surface area is 145 Å². The van der Waals surface area contributed by atoms with Crippen LogP contribution in [0, 0.1) is 19.3 Å². The maximum absolute atomic E-state index is 12.7. The number of ketones is 1. The number of nitrogens with one attached hydrogen (secondary N) is 1. The Morgan fingerprint density at radius 3 is 2.43 bits per heavy atom. The molecule has 0 spiro atoms. The van der Waals surface area contributed by atoms with Gasteiger partial charge in [0, 0.05) is 12.6 Å². The molecule has 5 heteroatoms. The fraction of sp³-hybridized carbons (Fsp3) is 0.222. The van der Waals surface area contributed by atoms with Gasteiger partial charge in [-0.15, -0.1) is 17.0 Å². The fourth-order valence-electron chi connectivity index (χ4n) is 2.81. The predicted octanol–water partition coefficient (Wildman–Crippen LogP) is 3.54. The maximum Gasteiger partial charge on any atom is 0.203 e. The number of aryl methyl sites for hydroxylation is 3. The van der Waals surface area contributed by atoms with Crippen molar-refractivity contribution in [3.8, 4) is 0 Å². The van der Waals surface area contributed by atoms with Crippen LogP contribution in [-0.2, 0) is 13.6 Å². The summed E-state index contributed by atoms with van der Waals surface area (Å²) in [6.45, 7) is 4.11. The van der Waals surface area contributed by atoms with Gasteiger partial charge in [0.2, 0.25) is 5.62 Å². The molecule has 0 fully saturated rings. The number of hydrogen-bond acceptors (Lipinski definition) is 2. The minimum absolute atomic E-state index is 0. The van der Waals surface area contributed by atoms with Crippen LogP contribution in [0.4, 0.5) is 0 Å². The van der Waals surface area contributed by atoms with Crippen molar-refractivity contribution in [1.29, 1.82) is 5.41 Å². The van der Waals surface area contributed by atoms with Crippen LogP contribution in [0.2, 0.25) is 0 Å². The average Bonchev–Trinajstić information content (AvgIpc) is 2.75. The Hall–Kier alpha value is -2.14. The van der Waals surface area contributed by atoms with Crippen molar-refractivity contribution in [1.82, 2.24) is 9.13 Å². The SMILES string of the molecule is Br.Cc1ccc(C)c(C(=O)Cn2c(=N)n(C)c3ccccc32)c1. The Balaban J connectivity index is 0.00000192. The third-order valence-corrected chi connectivity index (χ3v) is 4.10. The van der Waals surface area contributed by atoms with Crippen LogP contribution in [0.3, 0.4) is 0 Å². The van der Waals surface area contributed by atoms with E-state index in [2.05, 4.69) is 0 Å². The number of benzene rings is 2. The molecule has 0 saturated carbocycles. The summed E-state index contributed by atoms with van der Waals surface area (Å²) in [7, 11) is 1.85. The van der Waals surface area contributed by atoms with E-state index >= 15 is 0 Å². The van der Waals surface area contributed by atoms with Crippen LogP contribution in [0.25, 0.3) is 11.0 Å². The van der Waals surface area contributed by atoms with Gasteiger partial charge in [-0.3, -0.25) is 10.2 Å². The Morgan fingerprint density at radius 1 is 1.09 bits per heavy atom. The monoisotopic (exact) mass is 373 g/mol. The molecule has 4 nitrogen and oxygen atoms in total. The molecular formula is C18H20BrN3O. The van der Waals surface area contributed by atoms with Crippen LogP contribution in [0.15, 0.2) is 42.5 Å². The van der Waals surface area contributed by atoms with Crippen molar-refractivity contribution in [3.05, 3.63) is 64.8 Å². The zero-order valence-electron chi connectivity index (χ0n) is 13.5. The molecule has 3 aromatic rings. The number of aromatic nitrogens is 2. The van der Waals surface area contributed by atoms with E-state index < -0.39 is 0 Å². The summed E-state index contributed by atoms with van der Waals surface area (Å²) in [5.74, 6) is 0.0380. The van der Waals surface area contributed by atoms with Gasteiger partial charge in [0.15, 0.2) is 5.78 Å². The van der Waals surface area contributed by atoms with Crippen molar-refractivity contribution < 1.29 is 4.79 Å². The molecule has 1 N–H and O–H groups in total. The van der Waals surface area contributed by atoms with Gasteiger partial charge >= 0.3 is 0 Å². The topological polar surface area (TPSA) is 50.8 Å². The van der Waals surface area contributed by atoms with E-state index in [9.17, 15) is 4.79 Å². The first-order valence-electron chi connectivity index (χ1n) is 7.28. The standard InChI is InChI=1S/C18H19N3O.BrH/c1-12-8-9-13(2)14(10-12)17(22)11-21-16-7-5-4-6-15(16)20(3)18(21)19;/h4-10,19H,11H2,1-3H3;1H. The summed E-state index contributed by atoms with van der Waals surface area (Å²) in [5, 5.41) is 8.25. The molecule has 120 valence electrons. The molecule has 0 radical (unpaired) electrons. The second kappa shape index (κ2) is 6.54. The van der Waals surface area contributed by atoms with Gasteiger partial charge in [0.1, 0.15) is 0 Å². The number of carbonyl (C=O) groups is 1. The van der Waals surface area contributed by atoms with E-state index in [0.717, 1.165) is 27.7 Å². The van der Waals surface area contributed by atoms with Crippen molar-refractivity contribution in [2.24, 2.45) is 7.05 Å². The molecule has 0 aliphatic rings. The number of Topliss-reactive ketones (excluding diaryl/α,β-unsaturated/α-hetero) is 1. The normalized spacial score (nSPS) is 10.6. The second-order valence-corrected chi connectivity index (χ2v) is 5.70. The minimum atomic E-state index is 0. The van der Waals surface area contributed by atoms with Crippen molar-refractivity contribution in [3.63, 3.8) is 0 Å². The molecule has 23 heavy (non-hydrogen) atoms. The van der Waals surface area contributed by atoms with Gasteiger partial charge in [-0.2, -0.15) is 0 Å². The van der Waals surface area contributed by atoms with Gasteiger partial charge < -0.3 is 9.13 Å². The van der Waals surface area contributed by atoms with Gasteiger partial charge in [-0.1, -0.05) is 29.8 Å². The molecule has 1 aromatic heterocycles. The van der Waals surface area contributed by atoms with E-state index in [0.29, 0.717) is 5.62 Å². The number of imidazole rings is 1. The fourth-order valence-corrected chi connectivity index (χ4v) is 2.81. The zero-order valence-corrected chi connectivity index (χ0v) is 15.2. The highest BCUT2D eigenvalue weighted by molar-refractivity contribution is 8.93.